The predicted molar refractivity (Wildman–Crippen MR) is 90.2 cm³/mol. The summed E-state index contributed by atoms with van der Waals surface area (Å²) in [6, 6.07) is 6.80. The van der Waals surface area contributed by atoms with Gasteiger partial charge in [-0.1, -0.05) is 28.1 Å². The molecule has 0 saturated carbocycles. The molecule has 0 amide bonds. The van der Waals surface area contributed by atoms with Crippen LogP contribution in [0.4, 0.5) is 13.2 Å². The number of quaternary nitrogens is 1. The van der Waals surface area contributed by atoms with Crippen LogP contribution in [0.25, 0.3) is 0 Å². The number of carbonyl (C=O) groups is 3. The van der Waals surface area contributed by atoms with Crippen molar-refractivity contribution >= 4 is 45.4 Å². The maximum Gasteiger partial charge on any atom is 0.430 e. The van der Waals surface area contributed by atoms with E-state index in [1.165, 1.54) is 11.8 Å². The summed E-state index contributed by atoms with van der Waals surface area (Å²) in [6.45, 7) is 2.11. The van der Waals surface area contributed by atoms with Crippen molar-refractivity contribution in [2.45, 2.75) is 19.1 Å². The number of halogens is 4. The van der Waals surface area contributed by atoms with E-state index >= 15 is 0 Å². The van der Waals surface area contributed by atoms with Gasteiger partial charge >= 0.3 is 12.1 Å². The molecule has 146 valence electrons. The smallest absolute Gasteiger partial charge is 0.430 e. The van der Waals surface area contributed by atoms with Gasteiger partial charge in [-0.25, -0.2) is 4.79 Å². The molecule has 0 spiro atoms. The Labute approximate surface area is 160 Å². The second-order valence-electron chi connectivity index (χ2n) is 4.68. The van der Waals surface area contributed by atoms with Gasteiger partial charge in [0, 0.05) is 10.0 Å². The van der Waals surface area contributed by atoms with Crippen molar-refractivity contribution < 1.29 is 43.1 Å². The van der Waals surface area contributed by atoms with E-state index in [0.717, 1.165) is 4.47 Å². The molecular formula is C15H17BrF3NO5S. The zero-order valence-corrected chi connectivity index (χ0v) is 16.1. The van der Waals surface area contributed by atoms with E-state index < -0.39 is 18.2 Å². The van der Waals surface area contributed by atoms with Gasteiger partial charge in [0.05, 0.1) is 18.1 Å². The Kier molecular flexibility index (Phi) is 11.2. The van der Waals surface area contributed by atoms with Crippen LogP contribution in [0.3, 0.4) is 0 Å². The van der Waals surface area contributed by atoms with E-state index in [-0.39, 0.29) is 11.8 Å². The van der Waals surface area contributed by atoms with Crippen LogP contribution in [-0.2, 0) is 14.3 Å². The summed E-state index contributed by atoms with van der Waals surface area (Å²) in [5.41, 5.74) is 4.40. The van der Waals surface area contributed by atoms with Crippen molar-refractivity contribution in [1.82, 2.24) is 0 Å². The molecule has 3 N–H and O–H groups in total. The highest BCUT2D eigenvalue weighted by Gasteiger charge is 2.28. The van der Waals surface area contributed by atoms with E-state index in [2.05, 4.69) is 21.7 Å². The zero-order chi connectivity index (χ0) is 20.3. The van der Waals surface area contributed by atoms with E-state index in [4.69, 9.17) is 14.6 Å². The molecule has 0 fully saturated rings. The number of hydrogen-bond donors (Lipinski definition) is 1. The standard InChI is InChI=1S/C13H16BrNO3S.C2HF3O2/c1-2-18-13(17)11(15)7-19-8-12(16)9-3-5-10(14)6-4-9;3-2(4,5)1(6)7/h3-6,11H,2,7-8,15H2,1H3;(H,6,7). The van der Waals surface area contributed by atoms with Gasteiger partial charge in [-0.2, -0.15) is 13.2 Å². The van der Waals surface area contributed by atoms with Gasteiger partial charge in [0.15, 0.2) is 11.8 Å². The number of ether oxygens (including phenoxy) is 1. The van der Waals surface area contributed by atoms with Crippen molar-refractivity contribution in [1.29, 1.82) is 0 Å². The number of rotatable bonds is 7. The summed E-state index contributed by atoms with van der Waals surface area (Å²) in [4.78, 5) is 32.0. The molecule has 0 bridgehead atoms. The molecule has 1 atom stereocenters. The minimum atomic E-state index is -5.19. The Hall–Kier alpha value is -1.59. The van der Waals surface area contributed by atoms with Crippen LogP contribution in [0.15, 0.2) is 28.7 Å². The maximum atomic E-state index is 11.9. The van der Waals surface area contributed by atoms with Gasteiger partial charge in [0.25, 0.3) is 0 Å². The number of alkyl halides is 3. The summed E-state index contributed by atoms with van der Waals surface area (Å²) in [6.07, 6.45) is -5.19. The summed E-state index contributed by atoms with van der Waals surface area (Å²) in [5, 5.41) is 8.78. The third-order valence-electron chi connectivity index (χ3n) is 2.57. The summed E-state index contributed by atoms with van der Waals surface area (Å²) < 4.78 is 37.3. The molecule has 11 heteroatoms. The summed E-state index contributed by atoms with van der Waals surface area (Å²) in [7, 11) is 0. The second-order valence-corrected chi connectivity index (χ2v) is 6.63. The van der Waals surface area contributed by atoms with Crippen molar-refractivity contribution in [3.8, 4) is 0 Å². The Morgan fingerprint density at radius 3 is 2.19 bits per heavy atom. The molecule has 1 aromatic rings. The number of carbonyl (C=O) groups excluding carboxylic acids is 3. The largest absolute Gasteiger partial charge is 0.542 e. The average Bonchev–Trinajstić information content (AvgIpc) is 2.55. The Balaban J connectivity index is 0.000000758. The maximum absolute atomic E-state index is 11.9. The van der Waals surface area contributed by atoms with Gasteiger partial charge in [-0.15, -0.1) is 11.8 Å². The van der Waals surface area contributed by atoms with Crippen LogP contribution in [0.1, 0.15) is 17.3 Å². The van der Waals surface area contributed by atoms with Gasteiger partial charge in [0.1, 0.15) is 5.97 Å². The highest BCUT2D eigenvalue weighted by molar-refractivity contribution is 9.10. The number of carboxylic acid groups (broad SMARTS) is 1. The fourth-order valence-corrected chi connectivity index (χ4v) is 2.50. The lowest BCUT2D eigenvalue weighted by Gasteiger charge is -2.07. The number of esters is 1. The van der Waals surface area contributed by atoms with E-state index in [1.54, 1.807) is 19.1 Å². The number of ketones is 1. The summed E-state index contributed by atoms with van der Waals surface area (Å²) >= 11 is 4.72. The van der Waals surface area contributed by atoms with Crippen LogP contribution in [0, 0.1) is 0 Å². The third kappa shape index (κ3) is 10.4. The molecule has 0 radical (unpaired) electrons. The topological polar surface area (TPSA) is 111 Å². The Morgan fingerprint density at radius 2 is 1.77 bits per heavy atom. The fourth-order valence-electron chi connectivity index (χ4n) is 1.34. The van der Waals surface area contributed by atoms with Crippen molar-refractivity contribution in [3.05, 3.63) is 34.3 Å². The van der Waals surface area contributed by atoms with Crippen LogP contribution in [-0.4, -0.2) is 48.1 Å². The zero-order valence-electron chi connectivity index (χ0n) is 13.7. The van der Waals surface area contributed by atoms with Crippen LogP contribution in [0.2, 0.25) is 0 Å². The molecule has 1 rings (SSSR count). The van der Waals surface area contributed by atoms with Crippen molar-refractivity contribution in [2.75, 3.05) is 18.1 Å². The monoisotopic (exact) mass is 459 g/mol. The van der Waals surface area contributed by atoms with Gasteiger partial charge < -0.3 is 20.4 Å². The number of aliphatic carboxylic acids is 1. The average molecular weight is 460 g/mol. The van der Waals surface area contributed by atoms with Crippen molar-refractivity contribution in [2.24, 2.45) is 0 Å². The lowest BCUT2D eigenvalue weighted by atomic mass is 10.2. The number of carboxylic acids is 1. The molecule has 1 aromatic carbocycles. The summed E-state index contributed by atoms with van der Waals surface area (Å²) in [5.74, 6) is -2.44. The Morgan fingerprint density at radius 1 is 1.27 bits per heavy atom. The quantitative estimate of drug-likeness (QED) is 0.477. The fraction of sp³-hybridized carbons (Fsp3) is 0.400. The number of Topliss-reactive ketones (excluding diaryl/α,β-unsaturated/α-hetero) is 1. The SMILES string of the molecule is CCOC(=O)C([NH3+])CSCC(=O)c1ccc(Br)cc1.O=C([O-])C(F)(F)F. The first kappa shape index (κ1) is 24.4. The molecule has 0 aliphatic rings. The van der Waals surface area contributed by atoms with E-state index in [0.29, 0.717) is 23.7 Å². The lowest BCUT2D eigenvalue weighted by molar-refractivity contribution is -0.401. The highest BCUT2D eigenvalue weighted by atomic mass is 79.9. The third-order valence-corrected chi connectivity index (χ3v) is 4.20. The number of hydrogen-bond acceptors (Lipinski definition) is 6. The molecule has 0 aromatic heterocycles. The van der Waals surface area contributed by atoms with Crippen LogP contribution in [0.5, 0.6) is 0 Å². The minimum Gasteiger partial charge on any atom is -0.542 e. The van der Waals surface area contributed by atoms with Gasteiger partial charge in [0.2, 0.25) is 0 Å². The molecule has 6 nitrogen and oxygen atoms in total. The van der Waals surface area contributed by atoms with Crippen molar-refractivity contribution in [3.63, 3.8) is 0 Å². The molecule has 0 saturated heterocycles. The first-order valence-electron chi connectivity index (χ1n) is 7.13. The predicted octanol–water partition coefficient (Wildman–Crippen LogP) is 0.837. The molecule has 26 heavy (non-hydrogen) atoms. The lowest BCUT2D eigenvalue weighted by Crippen LogP contribution is -2.66. The molecule has 0 aliphatic heterocycles. The Bertz CT molecular complexity index is 610. The van der Waals surface area contributed by atoms with Crippen LogP contribution < -0.4 is 10.8 Å². The first-order chi connectivity index (χ1) is 12.0. The van der Waals surface area contributed by atoms with E-state index in [9.17, 15) is 22.8 Å². The molecule has 0 aliphatic carbocycles. The van der Waals surface area contributed by atoms with E-state index in [1.807, 2.05) is 12.1 Å². The van der Waals surface area contributed by atoms with Gasteiger partial charge in [-0.05, 0) is 19.1 Å². The van der Waals surface area contributed by atoms with Crippen LogP contribution >= 0.6 is 27.7 Å². The second kappa shape index (κ2) is 11.9. The minimum absolute atomic E-state index is 0.0496. The van der Waals surface area contributed by atoms with Gasteiger partial charge in [-0.3, -0.25) is 4.79 Å². The molecule has 1 unspecified atom stereocenters. The number of benzene rings is 1. The molecular weight excluding hydrogens is 443 g/mol. The normalized spacial score (nSPS) is 11.8. The first-order valence-corrected chi connectivity index (χ1v) is 9.08. The highest BCUT2D eigenvalue weighted by Crippen LogP contribution is 2.13. The molecule has 0 heterocycles. The number of thioether (sulfide) groups is 1.